The van der Waals surface area contributed by atoms with Crippen molar-refractivity contribution in [2.24, 2.45) is 0 Å². The van der Waals surface area contributed by atoms with E-state index in [1.165, 1.54) is 0 Å². The predicted molar refractivity (Wildman–Crippen MR) is 80.0 cm³/mol. The van der Waals surface area contributed by atoms with Crippen molar-refractivity contribution in [3.63, 3.8) is 0 Å². The summed E-state index contributed by atoms with van der Waals surface area (Å²) in [5, 5.41) is 15.7. The molecule has 0 saturated carbocycles. The Morgan fingerprint density at radius 1 is 1.19 bits per heavy atom. The molecule has 1 aliphatic heterocycles. The number of nitrogens with one attached hydrogen (secondary N) is 1. The quantitative estimate of drug-likeness (QED) is 0.939. The number of carbonyl (C=O) groups is 1. The molecule has 1 heterocycles. The molecule has 2 aromatic rings. The molecule has 0 aliphatic carbocycles. The molecule has 0 fully saturated rings. The van der Waals surface area contributed by atoms with E-state index in [1.54, 1.807) is 42.5 Å². The SMILES string of the molecule is CCOc1ccc(C2Nc3ccccc3C(=O)N2[O-])cc1. The molecule has 2 aromatic carbocycles. The molecule has 1 N–H and O–H groups in total. The molecular formula is C16H15N2O3-. The Bertz CT molecular complexity index is 655. The van der Waals surface area contributed by atoms with E-state index in [4.69, 9.17) is 4.74 Å². The Hall–Kier alpha value is -2.53. The van der Waals surface area contributed by atoms with Crippen molar-refractivity contribution >= 4 is 11.6 Å². The number of fused-ring (bicyclic) bond motifs is 1. The first-order valence-electron chi connectivity index (χ1n) is 6.79. The van der Waals surface area contributed by atoms with Crippen LogP contribution in [0.3, 0.4) is 0 Å². The van der Waals surface area contributed by atoms with Gasteiger partial charge in [0.2, 0.25) is 5.91 Å². The number of para-hydroxylation sites is 1. The molecule has 5 nitrogen and oxygen atoms in total. The molecule has 0 saturated heterocycles. The fourth-order valence-corrected chi connectivity index (χ4v) is 2.37. The van der Waals surface area contributed by atoms with Crippen molar-refractivity contribution in [1.29, 1.82) is 0 Å². The van der Waals surface area contributed by atoms with Gasteiger partial charge >= 0.3 is 0 Å². The van der Waals surface area contributed by atoms with Crippen LogP contribution in [-0.2, 0) is 0 Å². The largest absolute Gasteiger partial charge is 0.754 e. The van der Waals surface area contributed by atoms with Crippen LogP contribution in [-0.4, -0.2) is 17.6 Å². The van der Waals surface area contributed by atoms with Gasteiger partial charge in [-0.3, -0.25) is 4.79 Å². The molecular weight excluding hydrogens is 268 g/mol. The number of benzene rings is 2. The molecule has 1 amide bonds. The molecule has 0 spiro atoms. The van der Waals surface area contributed by atoms with Crippen LogP contribution in [0.1, 0.15) is 29.0 Å². The van der Waals surface area contributed by atoms with Gasteiger partial charge in [-0.25, -0.2) is 0 Å². The Kier molecular flexibility index (Phi) is 3.50. The summed E-state index contributed by atoms with van der Waals surface area (Å²) in [6, 6.07) is 14.2. The van der Waals surface area contributed by atoms with E-state index in [2.05, 4.69) is 5.32 Å². The lowest BCUT2D eigenvalue weighted by Crippen LogP contribution is -2.38. The molecule has 0 bridgehead atoms. The summed E-state index contributed by atoms with van der Waals surface area (Å²) in [6.45, 7) is 2.49. The lowest BCUT2D eigenvalue weighted by atomic mass is 10.1. The second-order valence-electron chi connectivity index (χ2n) is 4.73. The lowest BCUT2D eigenvalue weighted by molar-refractivity contribution is 0.0771. The van der Waals surface area contributed by atoms with Crippen LogP contribution in [0.2, 0.25) is 0 Å². The monoisotopic (exact) mass is 283 g/mol. The fraction of sp³-hybridized carbons (Fsp3) is 0.188. The second kappa shape index (κ2) is 5.46. The van der Waals surface area contributed by atoms with Gasteiger partial charge in [-0.05, 0) is 36.8 Å². The van der Waals surface area contributed by atoms with Gasteiger partial charge in [0.25, 0.3) is 0 Å². The van der Waals surface area contributed by atoms with Crippen LogP contribution in [0.5, 0.6) is 5.75 Å². The number of anilines is 1. The molecule has 21 heavy (non-hydrogen) atoms. The number of nitrogens with zero attached hydrogens (tertiary/aromatic N) is 1. The fourth-order valence-electron chi connectivity index (χ4n) is 2.37. The van der Waals surface area contributed by atoms with Crippen LogP contribution in [0.4, 0.5) is 5.69 Å². The third-order valence-corrected chi connectivity index (χ3v) is 3.39. The lowest BCUT2D eigenvalue weighted by Gasteiger charge is -2.42. The van der Waals surface area contributed by atoms with E-state index < -0.39 is 12.1 Å². The molecule has 0 radical (unpaired) electrons. The van der Waals surface area contributed by atoms with Gasteiger partial charge in [0.15, 0.2) is 0 Å². The predicted octanol–water partition coefficient (Wildman–Crippen LogP) is 3.15. The smallest absolute Gasteiger partial charge is 0.247 e. The highest BCUT2D eigenvalue weighted by Crippen LogP contribution is 2.32. The van der Waals surface area contributed by atoms with E-state index in [0.29, 0.717) is 22.9 Å². The maximum atomic E-state index is 12.2. The molecule has 5 heteroatoms. The molecule has 108 valence electrons. The van der Waals surface area contributed by atoms with Crippen LogP contribution < -0.4 is 10.1 Å². The van der Waals surface area contributed by atoms with Gasteiger partial charge < -0.3 is 20.3 Å². The van der Waals surface area contributed by atoms with Crippen molar-refractivity contribution in [1.82, 2.24) is 5.06 Å². The van der Waals surface area contributed by atoms with Gasteiger partial charge in [0.1, 0.15) is 11.9 Å². The molecule has 1 unspecified atom stereocenters. The number of hydrogen-bond acceptors (Lipinski definition) is 4. The number of ether oxygens (including phenoxy) is 1. The summed E-state index contributed by atoms with van der Waals surface area (Å²) >= 11 is 0. The second-order valence-corrected chi connectivity index (χ2v) is 4.73. The Morgan fingerprint density at radius 3 is 2.62 bits per heavy atom. The van der Waals surface area contributed by atoms with Gasteiger partial charge in [-0.1, -0.05) is 24.3 Å². The minimum atomic E-state index is -0.719. The van der Waals surface area contributed by atoms with Crippen LogP contribution in [0.25, 0.3) is 0 Å². The number of amides is 1. The summed E-state index contributed by atoms with van der Waals surface area (Å²) in [5.41, 5.74) is 1.79. The third-order valence-electron chi connectivity index (χ3n) is 3.39. The first-order valence-corrected chi connectivity index (χ1v) is 6.79. The van der Waals surface area contributed by atoms with Crippen LogP contribution in [0.15, 0.2) is 48.5 Å². The normalized spacial score (nSPS) is 17.1. The first kappa shape index (κ1) is 13.5. The van der Waals surface area contributed by atoms with Crippen molar-refractivity contribution in [2.45, 2.75) is 13.1 Å². The summed E-state index contributed by atoms with van der Waals surface area (Å²) < 4.78 is 5.37. The molecule has 0 aromatic heterocycles. The Labute approximate surface area is 122 Å². The highest BCUT2D eigenvalue weighted by atomic mass is 16.5. The third kappa shape index (κ3) is 2.43. The average Bonchev–Trinajstić information content (AvgIpc) is 2.52. The van der Waals surface area contributed by atoms with Crippen LogP contribution >= 0.6 is 0 Å². The highest BCUT2D eigenvalue weighted by molar-refractivity contribution is 6.01. The van der Waals surface area contributed by atoms with Crippen molar-refractivity contribution in [3.05, 3.63) is 64.9 Å². The standard InChI is InChI=1S/C16H15N2O3/c1-2-21-12-9-7-11(8-10-12)15-17-14-6-4-3-5-13(14)16(19)18(15)20/h3-10,15,17H,2H2,1H3/q-1. The van der Waals surface area contributed by atoms with Gasteiger partial charge in [0.05, 0.1) is 12.2 Å². The zero-order chi connectivity index (χ0) is 14.8. The average molecular weight is 283 g/mol. The molecule has 1 atom stereocenters. The maximum absolute atomic E-state index is 12.2. The number of carbonyl (C=O) groups excluding carboxylic acids is 1. The van der Waals surface area contributed by atoms with Gasteiger partial charge in [-0.2, -0.15) is 0 Å². The molecule has 1 aliphatic rings. The minimum Gasteiger partial charge on any atom is -0.754 e. The summed E-state index contributed by atoms with van der Waals surface area (Å²) in [7, 11) is 0. The van der Waals surface area contributed by atoms with E-state index in [-0.39, 0.29) is 0 Å². The molecule has 3 rings (SSSR count). The highest BCUT2D eigenvalue weighted by Gasteiger charge is 2.26. The van der Waals surface area contributed by atoms with Gasteiger partial charge in [0, 0.05) is 5.69 Å². The van der Waals surface area contributed by atoms with E-state index >= 15 is 0 Å². The van der Waals surface area contributed by atoms with Crippen molar-refractivity contribution in [3.8, 4) is 5.75 Å². The zero-order valence-electron chi connectivity index (χ0n) is 11.6. The van der Waals surface area contributed by atoms with Gasteiger partial charge in [-0.15, -0.1) is 0 Å². The number of hydroxylamine groups is 2. The Balaban J connectivity index is 1.91. The van der Waals surface area contributed by atoms with E-state index in [0.717, 1.165) is 11.3 Å². The Morgan fingerprint density at radius 2 is 1.90 bits per heavy atom. The number of rotatable bonds is 3. The minimum absolute atomic E-state index is 0.398. The first-order chi connectivity index (χ1) is 10.2. The van der Waals surface area contributed by atoms with E-state index in [1.807, 2.05) is 13.0 Å². The topological polar surface area (TPSA) is 64.6 Å². The zero-order valence-corrected chi connectivity index (χ0v) is 11.6. The summed E-state index contributed by atoms with van der Waals surface area (Å²) in [4.78, 5) is 12.1. The van der Waals surface area contributed by atoms with Crippen LogP contribution in [0, 0.1) is 5.21 Å². The number of hydrogen-bond donors (Lipinski definition) is 1. The maximum Gasteiger partial charge on any atom is 0.247 e. The van der Waals surface area contributed by atoms with Crippen molar-refractivity contribution < 1.29 is 9.53 Å². The van der Waals surface area contributed by atoms with Crippen molar-refractivity contribution in [2.75, 3.05) is 11.9 Å². The van der Waals surface area contributed by atoms with E-state index in [9.17, 15) is 10.0 Å². The summed E-state index contributed by atoms with van der Waals surface area (Å²) in [6.07, 6.45) is -0.719. The summed E-state index contributed by atoms with van der Waals surface area (Å²) in [5.74, 6) is 0.212.